The molecule has 0 bridgehead atoms. The van der Waals surface area contributed by atoms with Crippen molar-refractivity contribution in [3.63, 3.8) is 0 Å². The van der Waals surface area contributed by atoms with Crippen LogP contribution in [0.1, 0.15) is 19.4 Å². The van der Waals surface area contributed by atoms with Crippen LogP contribution >= 0.6 is 12.2 Å². The molecule has 1 heterocycles. The van der Waals surface area contributed by atoms with E-state index in [4.69, 9.17) is 26.4 Å². The number of aromatic amines is 1. The summed E-state index contributed by atoms with van der Waals surface area (Å²) in [6.45, 7) is 3.86. The number of aromatic nitrogens is 3. The van der Waals surface area contributed by atoms with Gasteiger partial charge in [0, 0.05) is 12.5 Å². The molecular weight excluding hydrogens is 392 g/mol. The molecule has 8 nitrogen and oxygen atoms in total. The fraction of sp³-hybridized carbons (Fsp3) is 0.200. The first-order valence-corrected chi connectivity index (χ1v) is 9.24. The first kappa shape index (κ1) is 20.3. The number of rotatable bonds is 7. The van der Waals surface area contributed by atoms with Gasteiger partial charge in [-0.15, -0.1) is 0 Å². The Bertz CT molecular complexity index is 1090. The SMILES string of the molecule is CCOc1ccc(-c2n[nH]c(=S)n2/N=C\c2ccc(OC(C)=O)c(OC)c2)cc1. The standard InChI is InChI=1S/C20H20N4O4S/c1-4-27-16-8-6-15(7-9-16)19-22-23-20(29)24(19)21-12-14-5-10-17(28-13(2)25)18(11-14)26-3/h5-12H,4H2,1-3H3,(H,23,29)/b21-12-. The van der Waals surface area contributed by atoms with E-state index in [0.29, 0.717) is 28.7 Å². The lowest BCUT2D eigenvalue weighted by Gasteiger charge is -2.08. The fourth-order valence-corrected chi connectivity index (χ4v) is 2.76. The van der Waals surface area contributed by atoms with Crippen molar-refractivity contribution < 1.29 is 19.0 Å². The molecule has 2 aromatic carbocycles. The lowest BCUT2D eigenvalue weighted by atomic mass is 10.2. The number of esters is 1. The Labute approximate surface area is 172 Å². The van der Waals surface area contributed by atoms with Gasteiger partial charge in [0.2, 0.25) is 4.77 Å². The van der Waals surface area contributed by atoms with Gasteiger partial charge in [-0.3, -0.25) is 4.79 Å². The third kappa shape index (κ3) is 4.88. The van der Waals surface area contributed by atoms with Crippen molar-refractivity contribution in [3.8, 4) is 28.6 Å². The molecule has 150 valence electrons. The van der Waals surface area contributed by atoms with E-state index < -0.39 is 5.97 Å². The fourth-order valence-electron chi connectivity index (χ4n) is 2.58. The molecule has 0 fully saturated rings. The molecule has 0 spiro atoms. The van der Waals surface area contributed by atoms with Crippen molar-refractivity contribution >= 4 is 24.4 Å². The summed E-state index contributed by atoms with van der Waals surface area (Å²) in [6, 6.07) is 12.6. The zero-order valence-electron chi connectivity index (χ0n) is 16.2. The second-order valence-electron chi connectivity index (χ2n) is 5.87. The number of hydrogen-bond donors (Lipinski definition) is 1. The predicted octanol–water partition coefficient (Wildman–Crippen LogP) is 3.82. The Morgan fingerprint density at radius 1 is 1.24 bits per heavy atom. The molecule has 3 aromatic rings. The van der Waals surface area contributed by atoms with Crippen molar-refractivity contribution in [2.75, 3.05) is 13.7 Å². The van der Waals surface area contributed by atoms with Crippen LogP contribution in [0, 0.1) is 4.77 Å². The zero-order valence-corrected chi connectivity index (χ0v) is 17.0. The van der Waals surface area contributed by atoms with Crippen LogP contribution in [0.2, 0.25) is 0 Å². The van der Waals surface area contributed by atoms with E-state index in [0.717, 1.165) is 16.9 Å². The van der Waals surface area contributed by atoms with Gasteiger partial charge < -0.3 is 14.2 Å². The Hall–Kier alpha value is -3.46. The Balaban J connectivity index is 1.89. The van der Waals surface area contributed by atoms with Crippen LogP contribution in [0.5, 0.6) is 17.2 Å². The highest BCUT2D eigenvalue weighted by Gasteiger charge is 2.10. The van der Waals surface area contributed by atoms with E-state index in [-0.39, 0.29) is 0 Å². The molecule has 0 aliphatic heterocycles. The normalized spacial score (nSPS) is 10.9. The maximum Gasteiger partial charge on any atom is 0.308 e. The predicted molar refractivity (Wildman–Crippen MR) is 111 cm³/mol. The summed E-state index contributed by atoms with van der Waals surface area (Å²) in [5, 5.41) is 11.5. The summed E-state index contributed by atoms with van der Waals surface area (Å²) in [5.74, 6) is 1.69. The molecule has 0 radical (unpaired) electrons. The quantitative estimate of drug-likeness (QED) is 0.275. The van der Waals surface area contributed by atoms with E-state index in [9.17, 15) is 4.79 Å². The first-order chi connectivity index (χ1) is 14.0. The third-order valence-corrected chi connectivity index (χ3v) is 4.10. The minimum atomic E-state index is -0.422. The number of benzene rings is 2. The molecule has 1 aromatic heterocycles. The molecule has 0 saturated carbocycles. The molecule has 0 amide bonds. The van der Waals surface area contributed by atoms with Crippen molar-refractivity contribution in [2.24, 2.45) is 5.10 Å². The van der Waals surface area contributed by atoms with Gasteiger partial charge in [-0.1, -0.05) is 0 Å². The Kier molecular flexibility index (Phi) is 6.40. The average molecular weight is 412 g/mol. The maximum absolute atomic E-state index is 11.2. The highest BCUT2D eigenvalue weighted by molar-refractivity contribution is 7.71. The lowest BCUT2D eigenvalue weighted by molar-refractivity contribution is -0.132. The molecule has 0 aliphatic rings. The highest BCUT2D eigenvalue weighted by atomic mass is 32.1. The van der Waals surface area contributed by atoms with Crippen molar-refractivity contribution in [1.29, 1.82) is 0 Å². The minimum Gasteiger partial charge on any atom is -0.494 e. The number of nitrogens with one attached hydrogen (secondary N) is 1. The van der Waals surface area contributed by atoms with E-state index in [2.05, 4.69) is 15.3 Å². The summed E-state index contributed by atoms with van der Waals surface area (Å²) in [7, 11) is 1.50. The smallest absolute Gasteiger partial charge is 0.308 e. The summed E-state index contributed by atoms with van der Waals surface area (Å²) < 4.78 is 17.7. The van der Waals surface area contributed by atoms with Crippen LogP contribution in [0.4, 0.5) is 0 Å². The number of nitrogens with zero attached hydrogens (tertiary/aromatic N) is 3. The van der Waals surface area contributed by atoms with E-state index in [1.54, 1.807) is 24.4 Å². The second kappa shape index (κ2) is 9.16. The number of carbonyl (C=O) groups excluding carboxylic acids is 1. The van der Waals surface area contributed by atoms with Crippen LogP contribution in [0.15, 0.2) is 47.6 Å². The van der Waals surface area contributed by atoms with Crippen molar-refractivity contribution in [2.45, 2.75) is 13.8 Å². The number of H-pyrrole nitrogens is 1. The van der Waals surface area contributed by atoms with Gasteiger partial charge in [0.25, 0.3) is 0 Å². The van der Waals surface area contributed by atoms with Gasteiger partial charge in [0.05, 0.1) is 19.9 Å². The van der Waals surface area contributed by atoms with Crippen LogP contribution in [0.25, 0.3) is 11.4 Å². The zero-order chi connectivity index (χ0) is 20.8. The van der Waals surface area contributed by atoms with Gasteiger partial charge in [0.1, 0.15) is 5.75 Å². The van der Waals surface area contributed by atoms with Crippen LogP contribution in [-0.4, -0.2) is 40.8 Å². The van der Waals surface area contributed by atoms with Gasteiger partial charge in [-0.05, 0) is 67.2 Å². The van der Waals surface area contributed by atoms with Crippen LogP contribution < -0.4 is 14.2 Å². The molecular formula is C20H20N4O4S. The van der Waals surface area contributed by atoms with E-state index >= 15 is 0 Å². The van der Waals surface area contributed by atoms with Crippen LogP contribution in [-0.2, 0) is 4.79 Å². The maximum atomic E-state index is 11.2. The third-order valence-electron chi connectivity index (χ3n) is 3.84. The first-order valence-electron chi connectivity index (χ1n) is 8.83. The average Bonchev–Trinajstić information content (AvgIpc) is 3.08. The summed E-state index contributed by atoms with van der Waals surface area (Å²) in [6.07, 6.45) is 1.61. The van der Waals surface area contributed by atoms with Crippen molar-refractivity contribution in [1.82, 2.24) is 14.9 Å². The molecule has 1 N–H and O–H groups in total. The minimum absolute atomic E-state index is 0.340. The number of hydrogen-bond acceptors (Lipinski definition) is 7. The van der Waals surface area contributed by atoms with Gasteiger partial charge in [-0.25, -0.2) is 5.10 Å². The van der Waals surface area contributed by atoms with Crippen molar-refractivity contribution in [3.05, 3.63) is 52.8 Å². The summed E-state index contributed by atoms with van der Waals surface area (Å²) >= 11 is 5.30. The largest absolute Gasteiger partial charge is 0.494 e. The molecule has 3 rings (SSSR count). The molecule has 0 aliphatic carbocycles. The van der Waals surface area contributed by atoms with Crippen LogP contribution in [0.3, 0.4) is 0 Å². The molecule has 0 saturated heterocycles. The van der Waals surface area contributed by atoms with E-state index in [1.165, 1.54) is 18.7 Å². The highest BCUT2D eigenvalue weighted by Crippen LogP contribution is 2.28. The monoisotopic (exact) mass is 412 g/mol. The summed E-state index contributed by atoms with van der Waals surface area (Å²) in [5.41, 5.74) is 1.57. The molecule has 9 heteroatoms. The Morgan fingerprint density at radius 2 is 2.00 bits per heavy atom. The number of carbonyl (C=O) groups is 1. The van der Waals surface area contributed by atoms with Gasteiger partial charge in [0.15, 0.2) is 17.3 Å². The number of ether oxygens (including phenoxy) is 3. The Morgan fingerprint density at radius 3 is 2.66 bits per heavy atom. The molecule has 29 heavy (non-hydrogen) atoms. The lowest BCUT2D eigenvalue weighted by Crippen LogP contribution is -2.03. The molecule has 0 atom stereocenters. The molecule has 0 unspecified atom stereocenters. The second-order valence-corrected chi connectivity index (χ2v) is 6.26. The van der Waals surface area contributed by atoms with E-state index in [1.807, 2.05) is 31.2 Å². The topological polar surface area (TPSA) is 90.7 Å². The summed E-state index contributed by atoms with van der Waals surface area (Å²) in [4.78, 5) is 11.2. The number of methoxy groups -OCH3 is 1. The van der Waals surface area contributed by atoms with Gasteiger partial charge in [-0.2, -0.15) is 14.9 Å². The van der Waals surface area contributed by atoms with Gasteiger partial charge >= 0.3 is 5.97 Å².